The molecule has 112 valence electrons. The van der Waals surface area contributed by atoms with Crippen LogP contribution in [0.15, 0.2) is 42.5 Å². The summed E-state index contributed by atoms with van der Waals surface area (Å²) < 4.78 is 41.4. The summed E-state index contributed by atoms with van der Waals surface area (Å²) in [7, 11) is 0. The summed E-state index contributed by atoms with van der Waals surface area (Å²) in [6, 6.07) is 11.1. The second-order valence-corrected chi connectivity index (χ2v) is 5.22. The van der Waals surface area contributed by atoms with Crippen molar-refractivity contribution >= 4 is 0 Å². The zero-order valence-electron chi connectivity index (χ0n) is 12.1. The molecule has 2 aromatic carbocycles. The topological polar surface area (TPSA) is 12.0 Å². The van der Waals surface area contributed by atoms with Crippen LogP contribution in [0.5, 0.6) is 0 Å². The summed E-state index contributed by atoms with van der Waals surface area (Å²) in [5.74, 6) is -3.17. The molecule has 0 atom stereocenters. The van der Waals surface area contributed by atoms with Crippen LogP contribution in [0, 0.1) is 19.7 Å². The smallest absolute Gasteiger partial charge is 0.285 e. The number of nitrogens with one attached hydrogen (secondary N) is 1. The number of hydrogen-bond donors (Lipinski definition) is 1. The van der Waals surface area contributed by atoms with Gasteiger partial charge >= 0.3 is 0 Å². The van der Waals surface area contributed by atoms with Crippen molar-refractivity contribution in [1.29, 1.82) is 0 Å². The summed E-state index contributed by atoms with van der Waals surface area (Å²) in [5.41, 5.74) is 1.85. The van der Waals surface area contributed by atoms with Gasteiger partial charge in [0.1, 0.15) is 5.82 Å². The number of hydrogen-bond acceptors (Lipinski definition) is 1. The van der Waals surface area contributed by atoms with Crippen molar-refractivity contribution in [3.05, 3.63) is 70.5 Å². The summed E-state index contributed by atoms with van der Waals surface area (Å²) >= 11 is 0. The lowest BCUT2D eigenvalue weighted by molar-refractivity contribution is -0.00343. The van der Waals surface area contributed by atoms with Gasteiger partial charge in [-0.25, -0.2) is 4.39 Å². The molecule has 0 radical (unpaired) electrons. The molecule has 0 saturated carbocycles. The molecule has 0 spiro atoms. The lowest BCUT2D eigenvalue weighted by Crippen LogP contribution is -2.30. The quantitative estimate of drug-likeness (QED) is 0.865. The SMILES string of the molecule is Cc1cc(CNCC(F)(F)c2ccccc2)cc(C)c1F. The van der Waals surface area contributed by atoms with E-state index in [0.29, 0.717) is 11.1 Å². The van der Waals surface area contributed by atoms with Crippen molar-refractivity contribution in [1.82, 2.24) is 5.32 Å². The summed E-state index contributed by atoms with van der Waals surface area (Å²) in [4.78, 5) is 0. The van der Waals surface area contributed by atoms with Gasteiger partial charge in [0.2, 0.25) is 0 Å². The van der Waals surface area contributed by atoms with Crippen LogP contribution in [0.25, 0.3) is 0 Å². The van der Waals surface area contributed by atoms with Gasteiger partial charge in [0.05, 0.1) is 6.54 Å². The number of benzene rings is 2. The molecule has 0 heterocycles. The molecule has 4 heteroatoms. The van der Waals surface area contributed by atoms with Gasteiger partial charge in [0, 0.05) is 12.1 Å². The lowest BCUT2D eigenvalue weighted by Gasteiger charge is -2.17. The number of halogens is 3. The minimum absolute atomic E-state index is 0.0102. The van der Waals surface area contributed by atoms with E-state index in [2.05, 4.69) is 5.32 Å². The Morgan fingerprint density at radius 3 is 2.14 bits per heavy atom. The maximum atomic E-state index is 14.0. The maximum absolute atomic E-state index is 14.0. The van der Waals surface area contributed by atoms with Crippen LogP contribution in [-0.4, -0.2) is 6.54 Å². The first kappa shape index (κ1) is 15.6. The second-order valence-electron chi connectivity index (χ2n) is 5.22. The van der Waals surface area contributed by atoms with Crippen LogP contribution < -0.4 is 5.32 Å². The third-order valence-electron chi connectivity index (χ3n) is 3.37. The Kier molecular flexibility index (Phi) is 4.68. The first-order valence-electron chi connectivity index (χ1n) is 6.80. The van der Waals surface area contributed by atoms with Gasteiger partial charge in [0.15, 0.2) is 0 Å². The molecule has 2 rings (SSSR count). The molecule has 0 aliphatic carbocycles. The van der Waals surface area contributed by atoms with E-state index in [-0.39, 0.29) is 17.9 Å². The predicted octanol–water partition coefficient (Wildman–Crippen LogP) is 4.32. The molecule has 2 aromatic rings. The molecular weight excluding hydrogens is 275 g/mol. The van der Waals surface area contributed by atoms with E-state index in [4.69, 9.17) is 0 Å². The monoisotopic (exact) mass is 293 g/mol. The Bertz CT molecular complexity index is 586. The zero-order chi connectivity index (χ0) is 15.5. The molecule has 21 heavy (non-hydrogen) atoms. The van der Waals surface area contributed by atoms with Crippen LogP contribution >= 0.6 is 0 Å². The third-order valence-corrected chi connectivity index (χ3v) is 3.37. The van der Waals surface area contributed by atoms with Gasteiger partial charge in [-0.05, 0) is 30.5 Å². The van der Waals surface area contributed by atoms with E-state index in [9.17, 15) is 13.2 Å². The van der Waals surface area contributed by atoms with Crippen molar-refractivity contribution in [2.75, 3.05) is 6.54 Å². The molecule has 0 bridgehead atoms. The normalized spacial score (nSPS) is 11.7. The van der Waals surface area contributed by atoms with Crippen molar-refractivity contribution < 1.29 is 13.2 Å². The molecule has 0 fully saturated rings. The van der Waals surface area contributed by atoms with Gasteiger partial charge in [-0.1, -0.05) is 42.5 Å². The van der Waals surface area contributed by atoms with Gasteiger partial charge in [-0.15, -0.1) is 0 Å². The van der Waals surface area contributed by atoms with E-state index in [1.165, 1.54) is 12.1 Å². The highest BCUT2D eigenvalue weighted by Gasteiger charge is 2.30. The molecule has 1 N–H and O–H groups in total. The third kappa shape index (κ3) is 3.85. The Morgan fingerprint density at radius 1 is 1.00 bits per heavy atom. The Morgan fingerprint density at radius 2 is 1.57 bits per heavy atom. The van der Waals surface area contributed by atoms with Crippen LogP contribution in [0.2, 0.25) is 0 Å². The van der Waals surface area contributed by atoms with Crippen molar-refractivity contribution in [3.8, 4) is 0 Å². The van der Waals surface area contributed by atoms with Crippen molar-refractivity contribution in [2.45, 2.75) is 26.3 Å². The van der Waals surface area contributed by atoms with Gasteiger partial charge in [0.25, 0.3) is 5.92 Å². The highest BCUT2D eigenvalue weighted by atomic mass is 19.3. The predicted molar refractivity (Wildman–Crippen MR) is 77.9 cm³/mol. The van der Waals surface area contributed by atoms with Crippen LogP contribution in [0.4, 0.5) is 13.2 Å². The standard InChI is InChI=1S/C17H18F3N/c1-12-8-14(9-13(2)16(12)18)10-21-11-17(19,20)15-6-4-3-5-7-15/h3-9,21H,10-11H2,1-2H3. The number of aryl methyl sites for hydroxylation is 2. The lowest BCUT2D eigenvalue weighted by atomic mass is 10.1. The zero-order valence-corrected chi connectivity index (χ0v) is 12.1. The highest BCUT2D eigenvalue weighted by molar-refractivity contribution is 5.30. The molecule has 0 unspecified atom stereocenters. The van der Waals surface area contributed by atoms with E-state index >= 15 is 0 Å². The largest absolute Gasteiger partial charge is 0.307 e. The van der Waals surface area contributed by atoms with E-state index < -0.39 is 12.5 Å². The Labute approximate surface area is 122 Å². The molecule has 1 nitrogen and oxygen atoms in total. The van der Waals surface area contributed by atoms with E-state index in [0.717, 1.165) is 5.56 Å². The van der Waals surface area contributed by atoms with Gasteiger partial charge in [-0.2, -0.15) is 8.78 Å². The minimum Gasteiger partial charge on any atom is -0.307 e. The summed E-state index contributed by atoms with van der Waals surface area (Å²) in [6.07, 6.45) is 0. The van der Waals surface area contributed by atoms with Crippen LogP contribution in [0.1, 0.15) is 22.3 Å². The number of rotatable bonds is 5. The van der Waals surface area contributed by atoms with E-state index in [1.807, 2.05) is 0 Å². The fraction of sp³-hybridized carbons (Fsp3) is 0.294. The second kappa shape index (κ2) is 6.31. The molecular formula is C17H18F3N. The molecule has 0 amide bonds. The molecule has 0 aliphatic rings. The Balaban J connectivity index is 1.98. The first-order valence-corrected chi connectivity index (χ1v) is 6.80. The minimum atomic E-state index is -2.93. The summed E-state index contributed by atoms with van der Waals surface area (Å²) in [5, 5.41) is 2.74. The van der Waals surface area contributed by atoms with Gasteiger partial charge in [-0.3, -0.25) is 0 Å². The highest BCUT2D eigenvalue weighted by Crippen LogP contribution is 2.26. The molecule has 0 aliphatic heterocycles. The molecule has 0 saturated heterocycles. The number of alkyl halides is 2. The fourth-order valence-electron chi connectivity index (χ4n) is 2.29. The first-order chi connectivity index (χ1) is 9.90. The van der Waals surface area contributed by atoms with Crippen LogP contribution in [0.3, 0.4) is 0 Å². The fourth-order valence-corrected chi connectivity index (χ4v) is 2.29. The van der Waals surface area contributed by atoms with Crippen molar-refractivity contribution in [2.24, 2.45) is 0 Å². The average molecular weight is 293 g/mol. The van der Waals surface area contributed by atoms with Gasteiger partial charge < -0.3 is 5.32 Å². The van der Waals surface area contributed by atoms with E-state index in [1.54, 1.807) is 44.2 Å². The molecule has 0 aromatic heterocycles. The summed E-state index contributed by atoms with van der Waals surface area (Å²) in [6.45, 7) is 3.17. The van der Waals surface area contributed by atoms with Crippen LogP contribution in [-0.2, 0) is 12.5 Å². The van der Waals surface area contributed by atoms with Crippen molar-refractivity contribution in [3.63, 3.8) is 0 Å². The Hall–Kier alpha value is -1.81. The maximum Gasteiger partial charge on any atom is 0.285 e. The average Bonchev–Trinajstić information content (AvgIpc) is 2.45.